The van der Waals surface area contributed by atoms with E-state index in [1.807, 2.05) is 48.5 Å². The second kappa shape index (κ2) is 24.6. The fourth-order valence-electron chi connectivity index (χ4n) is 6.13. The van der Waals surface area contributed by atoms with Gasteiger partial charge < -0.3 is 18.9 Å². The maximum Gasteiger partial charge on any atom is 0.343 e. The van der Waals surface area contributed by atoms with Gasteiger partial charge >= 0.3 is 11.9 Å². The third-order valence-electron chi connectivity index (χ3n) is 9.41. The molecule has 6 heteroatoms. The van der Waals surface area contributed by atoms with Crippen molar-refractivity contribution in [1.82, 2.24) is 0 Å². The van der Waals surface area contributed by atoms with Crippen molar-refractivity contribution in [1.29, 1.82) is 0 Å². The summed E-state index contributed by atoms with van der Waals surface area (Å²) in [6.07, 6.45) is 19.9. The van der Waals surface area contributed by atoms with Crippen LogP contribution in [0.4, 0.5) is 0 Å². The molecule has 53 heavy (non-hydrogen) atoms. The van der Waals surface area contributed by atoms with E-state index in [4.69, 9.17) is 18.9 Å². The molecule has 0 saturated carbocycles. The zero-order valence-electron chi connectivity index (χ0n) is 32.1. The van der Waals surface area contributed by atoms with Crippen molar-refractivity contribution in [2.45, 2.75) is 123 Å². The molecule has 0 bridgehead atoms. The van der Waals surface area contributed by atoms with Crippen molar-refractivity contribution in [3.8, 4) is 23.0 Å². The number of benzene rings is 4. The number of aryl methyl sites for hydroxylation is 2. The van der Waals surface area contributed by atoms with E-state index in [1.165, 1.54) is 81.8 Å². The molecule has 6 nitrogen and oxygen atoms in total. The molecule has 0 spiro atoms. The highest BCUT2D eigenvalue weighted by molar-refractivity contribution is 5.91. The standard InChI is InChI=1S/C47H60O6/c1-3-5-7-16-36-50-42-32-24-40(25-33-42)46(48)52-44-28-20-38(21-29-44)18-14-12-10-9-11-13-15-19-39-22-30-45(31-23-39)53-47(49)41-26-34-43(35-27-41)51-37-17-8-6-4-2/h20-35H,3-19,36-37H2,1-2H3. The molecule has 4 rings (SSSR count). The predicted molar refractivity (Wildman–Crippen MR) is 215 cm³/mol. The summed E-state index contributed by atoms with van der Waals surface area (Å²) in [5, 5.41) is 0. The van der Waals surface area contributed by atoms with Crippen LogP contribution in [-0.2, 0) is 12.8 Å². The van der Waals surface area contributed by atoms with Gasteiger partial charge in [-0.15, -0.1) is 0 Å². The zero-order valence-corrected chi connectivity index (χ0v) is 32.1. The van der Waals surface area contributed by atoms with Gasteiger partial charge in [0, 0.05) is 0 Å². The number of carbonyl (C=O) groups excluding carboxylic acids is 2. The monoisotopic (exact) mass is 720 g/mol. The fraction of sp³-hybridized carbons (Fsp3) is 0.447. The molecule has 0 aliphatic rings. The van der Waals surface area contributed by atoms with Crippen molar-refractivity contribution in [3.63, 3.8) is 0 Å². The predicted octanol–water partition coefficient (Wildman–Crippen LogP) is 12.6. The topological polar surface area (TPSA) is 71.1 Å². The first-order valence-corrected chi connectivity index (χ1v) is 20.1. The molecule has 0 saturated heterocycles. The minimum absolute atomic E-state index is 0.361. The maximum atomic E-state index is 12.6. The van der Waals surface area contributed by atoms with Crippen LogP contribution < -0.4 is 18.9 Å². The Bertz CT molecular complexity index is 1460. The van der Waals surface area contributed by atoms with Gasteiger partial charge in [0.05, 0.1) is 24.3 Å². The van der Waals surface area contributed by atoms with Crippen molar-refractivity contribution in [2.24, 2.45) is 0 Å². The molecular formula is C47H60O6. The van der Waals surface area contributed by atoms with Gasteiger partial charge in [0.1, 0.15) is 23.0 Å². The summed E-state index contributed by atoms with van der Waals surface area (Å²) in [6, 6.07) is 30.1. The molecule has 0 aromatic heterocycles. The maximum absolute atomic E-state index is 12.6. The second-order valence-electron chi connectivity index (χ2n) is 13.9. The van der Waals surface area contributed by atoms with Crippen LogP contribution in [0.2, 0.25) is 0 Å². The molecular weight excluding hydrogens is 661 g/mol. The van der Waals surface area contributed by atoms with E-state index in [2.05, 4.69) is 38.1 Å². The Hall–Kier alpha value is -4.58. The lowest BCUT2D eigenvalue weighted by Gasteiger charge is -2.08. The van der Waals surface area contributed by atoms with Crippen molar-refractivity contribution in [3.05, 3.63) is 119 Å². The van der Waals surface area contributed by atoms with Crippen LogP contribution in [0.5, 0.6) is 23.0 Å². The lowest BCUT2D eigenvalue weighted by molar-refractivity contribution is 0.0725. The molecule has 0 radical (unpaired) electrons. The fourth-order valence-corrected chi connectivity index (χ4v) is 6.13. The van der Waals surface area contributed by atoms with Crippen LogP contribution in [0.15, 0.2) is 97.1 Å². The number of ether oxygens (including phenoxy) is 4. The van der Waals surface area contributed by atoms with Crippen molar-refractivity contribution in [2.75, 3.05) is 13.2 Å². The van der Waals surface area contributed by atoms with E-state index in [-0.39, 0.29) is 11.9 Å². The van der Waals surface area contributed by atoms with Gasteiger partial charge in [0.15, 0.2) is 0 Å². The first-order valence-electron chi connectivity index (χ1n) is 20.1. The largest absolute Gasteiger partial charge is 0.494 e. The van der Waals surface area contributed by atoms with Gasteiger partial charge in [-0.25, -0.2) is 9.59 Å². The quantitative estimate of drug-likeness (QED) is 0.0365. The Labute approximate surface area is 318 Å². The summed E-state index contributed by atoms with van der Waals surface area (Å²) >= 11 is 0. The van der Waals surface area contributed by atoms with Crippen LogP contribution in [0.1, 0.15) is 142 Å². The van der Waals surface area contributed by atoms with Gasteiger partial charge in [-0.05, 0) is 122 Å². The van der Waals surface area contributed by atoms with E-state index in [9.17, 15) is 9.59 Å². The van der Waals surface area contributed by atoms with Crippen LogP contribution in [0.3, 0.4) is 0 Å². The number of carbonyl (C=O) groups is 2. The minimum Gasteiger partial charge on any atom is -0.494 e. The van der Waals surface area contributed by atoms with Crippen molar-refractivity contribution >= 4 is 11.9 Å². The summed E-state index contributed by atoms with van der Waals surface area (Å²) in [4.78, 5) is 25.2. The summed E-state index contributed by atoms with van der Waals surface area (Å²) in [6.45, 7) is 5.79. The smallest absolute Gasteiger partial charge is 0.343 e. The molecule has 0 aliphatic heterocycles. The number of esters is 2. The molecule has 0 atom stereocenters. The van der Waals surface area contributed by atoms with Gasteiger partial charge in [0.25, 0.3) is 0 Å². The molecule has 0 heterocycles. The average Bonchev–Trinajstić information content (AvgIpc) is 3.18. The number of hydrogen-bond acceptors (Lipinski definition) is 6. The first kappa shape index (κ1) is 41.2. The van der Waals surface area contributed by atoms with E-state index in [0.29, 0.717) is 35.8 Å². The zero-order chi connectivity index (χ0) is 37.4. The summed E-state index contributed by atoms with van der Waals surface area (Å²) in [5.74, 6) is 1.96. The highest BCUT2D eigenvalue weighted by atomic mass is 16.5. The van der Waals surface area contributed by atoms with Gasteiger partial charge in [0.2, 0.25) is 0 Å². The van der Waals surface area contributed by atoms with Crippen LogP contribution >= 0.6 is 0 Å². The van der Waals surface area contributed by atoms with E-state index < -0.39 is 0 Å². The molecule has 4 aromatic carbocycles. The van der Waals surface area contributed by atoms with Crippen LogP contribution in [-0.4, -0.2) is 25.2 Å². The van der Waals surface area contributed by atoms with Crippen molar-refractivity contribution < 1.29 is 28.5 Å². The summed E-state index contributed by atoms with van der Waals surface area (Å²) < 4.78 is 22.7. The van der Waals surface area contributed by atoms with Crippen LogP contribution in [0.25, 0.3) is 0 Å². The van der Waals surface area contributed by atoms with Gasteiger partial charge in [-0.3, -0.25) is 0 Å². The van der Waals surface area contributed by atoms with Gasteiger partial charge in [-0.2, -0.15) is 0 Å². The molecule has 0 unspecified atom stereocenters. The average molecular weight is 721 g/mol. The third kappa shape index (κ3) is 16.3. The third-order valence-corrected chi connectivity index (χ3v) is 9.41. The molecule has 4 aromatic rings. The summed E-state index contributed by atoms with van der Waals surface area (Å²) in [5.41, 5.74) is 3.55. The highest BCUT2D eigenvalue weighted by Gasteiger charge is 2.11. The first-order chi connectivity index (χ1) is 26.0. The van der Waals surface area contributed by atoms with E-state index >= 15 is 0 Å². The Morgan fingerprint density at radius 2 is 0.698 bits per heavy atom. The lowest BCUT2D eigenvalue weighted by atomic mass is 10.0. The molecule has 284 valence electrons. The molecule has 0 fully saturated rings. The number of unbranched alkanes of at least 4 members (excludes halogenated alkanes) is 12. The number of rotatable bonds is 26. The van der Waals surface area contributed by atoms with E-state index in [1.54, 1.807) is 24.3 Å². The van der Waals surface area contributed by atoms with Gasteiger partial charge in [-0.1, -0.05) is 109 Å². The second-order valence-corrected chi connectivity index (χ2v) is 13.9. The Balaban J connectivity index is 1.01. The molecule has 0 N–H and O–H groups in total. The Kier molecular flexibility index (Phi) is 19.1. The minimum atomic E-state index is -0.361. The Morgan fingerprint density at radius 1 is 0.377 bits per heavy atom. The SMILES string of the molecule is CCCCCCOc1ccc(C(=O)Oc2ccc(CCCCCCCCCc3ccc(OC(=O)c4ccc(OCCCCCC)cc4)cc3)cc2)cc1. The number of hydrogen-bond donors (Lipinski definition) is 0. The highest BCUT2D eigenvalue weighted by Crippen LogP contribution is 2.21. The molecule has 0 amide bonds. The van der Waals surface area contributed by atoms with E-state index in [0.717, 1.165) is 50.0 Å². The van der Waals surface area contributed by atoms with Crippen LogP contribution in [0, 0.1) is 0 Å². The molecule has 0 aliphatic carbocycles. The summed E-state index contributed by atoms with van der Waals surface area (Å²) in [7, 11) is 0. The Morgan fingerprint density at radius 3 is 1.06 bits per heavy atom. The lowest BCUT2D eigenvalue weighted by Crippen LogP contribution is -2.08. The normalized spacial score (nSPS) is 10.9.